The molecule has 1 rings (SSSR count). The summed E-state index contributed by atoms with van der Waals surface area (Å²) in [5.41, 5.74) is 0. The molecule has 5 heteroatoms. The van der Waals surface area contributed by atoms with Gasteiger partial charge in [0.05, 0.1) is 10.6 Å². The molecule has 0 saturated carbocycles. The summed E-state index contributed by atoms with van der Waals surface area (Å²) in [6, 6.07) is 8.51. The highest BCUT2D eigenvalue weighted by atomic mass is 32.2. The van der Waals surface area contributed by atoms with E-state index >= 15 is 0 Å². The fraction of sp³-hybridized carbons (Fsp3) is 0.500. The van der Waals surface area contributed by atoms with E-state index in [2.05, 4.69) is 0 Å². The monoisotopic (exact) mass is 274 g/mol. The predicted molar refractivity (Wildman–Crippen MR) is 72.1 cm³/mol. The molecular formula is C12H18O3S2. The van der Waals surface area contributed by atoms with Crippen molar-refractivity contribution in [3.05, 3.63) is 30.3 Å². The summed E-state index contributed by atoms with van der Waals surface area (Å²) in [5.74, 6) is 0.718. The Morgan fingerprint density at radius 2 is 1.94 bits per heavy atom. The Balaban J connectivity index is 2.46. The lowest BCUT2D eigenvalue weighted by atomic mass is 10.3. The first-order chi connectivity index (χ1) is 8.06. The lowest BCUT2D eigenvalue weighted by Gasteiger charge is -2.09. The van der Waals surface area contributed by atoms with E-state index in [1.165, 1.54) is 0 Å². The quantitative estimate of drug-likeness (QED) is 0.826. The van der Waals surface area contributed by atoms with Crippen LogP contribution in [0.25, 0.3) is 0 Å². The Labute approximate surface area is 107 Å². The van der Waals surface area contributed by atoms with Gasteiger partial charge in [0.15, 0.2) is 9.84 Å². The zero-order chi connectivity index (χ0) is 12.7. The zero-order valence-corrected chi connectivity index (χ0v) is 11.5. The van der Waals surface area contributed by atoms with Gasteiger partial charge in [0.25, 0.3) is 0 Å². The summed E-state index contributed by atoms with van der Waals surface area (Å²) < 4.78 is 23.8. The predicted octanol–water partition coefficient (Wildman–Crippen LogP) is 1.96. The Hall–Kier alpha value is -0.520. The van der Waals surface area contributed by atoms with E-state index in [4.69, 9.17) is 5.11 Å². The fourth-order valence-electron chi connectivity index (χ4n) is 1.37. The third kappa shape index (κ3) is 5.10. The van der Waals surface area contributed by atoms with E-state index in [1.54, 1.807) is 42.1 Å². The van der Waals surface area contributed by atoms with Crippen LogP contribution in [-0.4, -0.2) is 36.9 Å². The molecule has 0 aliphatic carbocycles. The molecule has 0 fully saturated rings. The molecule has 0 heterocycles. The van der Waals surface area contributed by atoms with Gasteiger partial charge in [-0.05, 0) is 18.6 Å². The third-order valence-electron chi connectivity index (χ3n) is 2.39. The van der Waals surface area contributed by atoms with Crippen molar-refractivity contribution in [3.8, 4) is 0 Å². The summed E-state index contributed by atoms with van der Waals surface area (Å²) in [6.07, 6.45) is 0.704. The first kappa shape index (κ1) is 14.5. The SMILES string of the molecule is C[C@H](CCO)SCCS(=O)(=O)c1ccccc1. The minimum absolute atomic E-state index is 0.150. The Bertz CT molecular complexity index is 415. The number of benzene rings is 1. The standard InChI is InChI=1S/C12H18O3S2/c1-11(7-8-13)16-9-10-17(14,15)12-5-3-2-4-6-12/h2-6,11,13H,7-10H2,1H3/t11-/m1/s1. The van der Waals surface area contributed by atoms with Crippen LogP contribution in [0, 0.1) is 0 Å². The first-order valence-electron chi connectivity index (χ1n) is 5.56. The van der Waals surface area contributed by atoms with Gasteiger partial charge < -0.3 is 5.11 Å². The van der Waals surface area contributed by atoms with E-state index in [0.29, 0.717) is 22.3 Å². The molecule has 1 atom stereocenters. The second kappa shape index (κ2) is 7.03. The lowest BCUT2D eigenvalue weighted by Crippen LogP contribution is -2.11. The molecule has 96 valence electrons. The minimum Gasteiger partial charge on any atom is -0.396 e. The van der Waals surface area contributed by atoms with E-state index in [9.17, 15) is 8.42 Å². The van der Waals surface area contributed by atoms with Gasteiger partial charge in [-0.1, -0.05) is 25.1 Å². The van der Waals surface area contributed by atoms with Crippen molar-refractivity contribution >= 4 is 21.6 Å². The van der Waals surface area contributed by atoms with Crippen LogP contribution in [0.15, 0.2) is 35.2 Å². The van der Waals surface area contributed by atoms with Crippen LogP contribution in [0.2, 0.25) is 0 Å². The molecule has 3 nitrogen and oxygen atoms in total. The zero-order valence-electron chi connectivity index (χ0n) is 9.87. The van der Waals surface area contributed by atoms with Crippen LogP contribution in [0.1, 0.15) is 13.3 Å². The second-order valence-electron chi connectivity index (χ2n) is 3.83. The van der Waals surface area contributed by atoms with Crippen molar-refractivity contribution in [2.45, 2.75) is 23.5 Å². The Morgan fingerprint density at radius 1 is 1.29 bits per heavy atom. The summed E-state index contributed by atoms with van der Waals surface area (Å²) in [7, 11) is -3.15. The van der Waals surface area contributed by atoms with Gasteiger partial charge in [-0.15, -0.1) is 0 Å². The minimum atomic E-state index is -3.15. The van der Waals surface area contributed by atoms with Crippen molar-refractivity contribution in [3.63, 3.8) is 0 Å². The molecule has 0 saturated heterocycles. The fourth-order valence-corrected chi connectivity index (χ4v) is 4.11. The summed E-state index contributed by atoms with van der Waals surface area (Å²) in [6.45, 7) is 2.15. The summed E-state index contributed by atoms with van der Waals surface area (Å²) in [5, 5.41) is 9.04. The Morgan fingerprint density at radius 3 is 2.53 bits per heavy atom. The van der Waals surface area contributed by atoms with Crippen molar-refractivity contribution in [2.75, 3.05) is 18.1 Å². The van der Waals surface area contributed by atoms with Crippen LogP contribution >= 0.6 is 11.8 Å². The van der Waals surface area contributed by atoms with Crippen LogP contribution < -0.4 is 0 Å². The maximum Gasteiger partial charge on any atom is 0.179 e. The van der Waals surface area contributed by atoms with Crippen molar-refractivity contribution in [1.29, 1.82) is 0 Å². The van der Waals surface area contributed by atoms with Crippen molar-refractivity contribution in [1.82, 2.24) is 0 Å². The van der Waals surface area contributed by atoms with Crippen LogP contribution in [0.4, 0.5) is 0 Å². The molecule has 0 amide bonds. The molecule has 0 spiro atoms. The second-order valence-corrected chi connectivity index (χ2v) is 7.48. The van der Waals surface area contributed by atoms with E-state index in [1.807, 2.05) is 6.92 Å². The number of rotatable bonds is 7. The van der Waals surface area contributed by atoms with E-state index in [0.717, 1.165) is 0 Å². The maximum absolute atomic E-state index is 11.9. The maximum atomic E-state index is 11.9. The molecule has 0 aromatic heterocycles. The van der Waals surface area contributed by atoms with E-state index < -0.39 is 9.84 Å². The molecule has 1 aromatic carbocycles. The van der Waals surface area contributed by atoms with Gasteiger partial charge in [0.2, 0.25) is 0 Å². The van der Waals surface area contributed by atoms with Gasteiger partial charge >= 0.3 is 0 Å². The topological polar surface area (TPSA) is 54.4 Å². The van der Waals surface area contributed by atoms with Crippen molar-refractivity contribution < 1.29 is 13.5 Å². The summed E-state index contributed by atoms with van der Waals surface area (Å²) >= 11 is 1.58. The molecular weight excluding hydrogens is 256 g/mol. The number of sulfone groups is 1. The highest BCUT2D eigenvalue weighted by Crippen LogP contribution is 2.17. The number of hydrogen-bond acceptors (Lipinski definition) is 4. The average Bonchev–Trinajstić information content (AvgIpc) is 2.30. The van der Waals surface area contributed by atoms with Gasteiger partial charge in [-0.25, -0.2) is 8.42 Å². The van der Waals surface area contributed by atoms with E-state index in [-0.39, 0.29) is 12.4 Å². The van der Waals surface area contributed by atoms with Crippen LogP contribution in [0.5, 0.6) is 0 Å². The molecule has 0 aliphatic heterocycles. The van der Waals surface area contributed by atoms with Crippen LogP contribution in [-0.2, 0) is 9.84 Å². The van der Waals surface area contributed by atoms with Gasteiger partial charge in [0.1, 0.15) is 0 Å². The number of hydrogen-bond donors (Lipinski definition) is 1. The highest BCUT2D eigenvalue weighted by Gasteiger charge is 2.14. The number of aliphatic hydroxyl groups is 1. The van der Waals surface area contributed by atoms with Crippen molar-refractivity contribution in [2.24, 2.45) is 0 Å². The average molecular weight is 274 g/mol. The normalized spacial score (nSPS) is 13.5. The largest absolute Gasteiger partial charge is 0.396 e. The van der Waals surface area contributed by atoms with Gasteiger partial charge in [0, 0.05) is 17.6 Å². The highest BCUT2D eigenvalue weighted by molar-refractivity contribution is 8.01. The van der Waals surface area contributed by atoms with Crippen LogP contribution in [0.3, 0.4) is 0 Å². The smallest absolute Gasteiger partial charge is 0.179 e. The molecule has 0 radical (unpaired) electrons. The van der Waals surface area contributed by atoms with Gasteiger partial charge in [-0.3, -0.25) is 0 Å². The molecule has 0 aliphatic rings. The Kier molecular flexibility index (Phi) is 6.02. The molecule has 0 bridgehead atoms. The summed E-state index contributed by atoms with van der Waals surface area (Å²) in [4.78, 5) is 0.385. The molecule has 0 unspecified atom stereocenters. The number of thioether (sulfide) groups is 1. The molecule has 1 aromatic rings. The number of aliphatic hydroxyl groups excluding tert-OH is 1. The lowest BCUT2D eigenvalue weighted by molar-refractivity contribution is 0.289. The molecule has 17 heavy (non-hydrogen) atoms. The van der Waals surface area contributed by atoms with Gasteiger partial charge in [-0.2, -0.15) is 11.8 Å². The first-order valence-corrected chi connectivity index (χ1v) is 8.26. The molecule has 1 N–H and O–H groups in total. The third-order valence-corrected chi connectivity index (χ3v) is 5.63.